The van der Waals surface area contributed by atoms with Gasteiger partial charge < -0.3 is 4.74 Å². The van der Waals surface area contributed by atoms with Gasteiger partial charge in [0, 0.05) is 12.1 Å². The number of carbonyl (C=O) groups excluding carboxylic acids is 1. The van der Waals surface area contributed by atoms with Crippen molar-refractivity contribution in [3.8, 4) is 0 Å². The average molecular weight is 560 g/mol. The third-order valence-corrected chi connectivity index (χ3v) is 11.1. The van der Waals surface area contributed by atoms with Crippen molar-refractivity contribution >= 4 is 5.97 Å². The van der Waals surface area contributed by atoms with E-state index in [1.54, 1.807) is 0 Å². The highest BCUT2D eigenvalue weighted by Gasteiger charge is 2.50. The molecule has 0 aromatic heterocycles. The highest BCUT2D eigenvalue weighted by atomic mass is 16.5. The van der Waals surface area contributed by atoms with Crippen molar-refractivity contribution in [1.29, 1.82) is 0 Å². The summed E-state index contributed by atoms with van der Waals surface area (Å²) >= 11 is 0. The molecule has 1 saturated heterocycles. The Balaban J connectivity index is 1.29. The number of unbranched alkanes of at least 4 members (excludes halogenated alkanes) is 11. The summed E-state index contributed by atoms with van der Waals surface area (Å²) in [6.45, 7) is 5.04. The Labute approximate surface area is 250 Å². The summed E-state index contributed by atoms with van der Waals surface area (Å²) in [5.74, 6) is 0.0440. The number of nitrogens with zero attached hydrogens (tertiary/aromatic N) is 1. The van der Waals surface area contributed by atoms with E-state index in [-0.39, 0.29) is 5.97 Å². The van der Waals surface area contributed by atoms with Crippen molar-refractivity contribution in [2.45, 2.75) is 205 Å². The SMILES string of the molecule is CCCCCCCCCCCCCCOC(=O)CCN1CCCCC12CCC1(CCCCCCCCCCC1)C2. The molecule has 3 rings (SSSR count). The van der Waals surface area contributed by atoms with Crippen LogP contribution in [0.4, 0.5) is 0 Å². The maximum absolute atomic E-state index is 12.7. The Kier molecular flexibility index (Phi) is 17.3. The summed E-state index contributed by atoms with van der Waals surface area (Å²) in [5, 5.41) is 0. The molecule has 234 valence electrons. The lowest BCUT2D eigenvalue weighted by Crippen LogP contribution is -2.51. The number of esters is 1. The molecule has 2 spiro atoms. The van der Waals surface area contributed by atoms with Gasteiger partial charge in [0.1, 0.15) is 0 Å². The minimum atomic E-state index is 0.0440. The van der Waals surface area contributed by atoms with Crippen LogP contribution in [0.1, 0.15) is 200 Å². The minimum absolute atomic E-state index is 0.0440. The lowest BCUT2D eigenvalue weighted by Gasteiger charge is -2.46. The van der Waals surface area contributed by atoms with Crippen LogP contribution in [0.3, 0.4) is 0 Å². The fraction of sp³-hybridized carbons (Fsp3) is 0.973. The Morgan fingerprint density at radius 3 is 1.73 bits per heavy atom. The first-order valence-electron chi connectivity index (χ1n) is 18.6. The fourth-order valence-electron chi connectivity index (χ4n) is 8.57. The van der Waals surface area contributed by atoms with Crippen molar-refractivity contribution in [2.24, 2.45) is 5.41 Å². The molecule has 0 amide bonds. The molecule has 1 atom stereocenters. The summed E-state index contributed by atoms with van der Waals surface area (Å²) in [5.41, 5.74) is 0.967. The summed E-state index contributed by atoms with van der Waals surface area (Å²) < 4.78 is 5.70. The van der Waals surface area contributed by atoms with Crippen molar-refractivity contribution in [3.63, 3.8) is 0 Å². The van der Waals surface area contributed by atoms with E-state index < -0.39 is 0 Å². The molecular weight excluding hydrogens is 490 g/mol. The molecule has 1 aliphatic heterocycles. The summed E-state index contributed by atoms with van der Waals surface area (Å²) in [6, 6.07) is 0. The fourth-order valence-corrected chi connectivity index (χ4v) is 8.57. The maximum atomic E-state index is 12.7. The van der Waals surface area contributed by atoms with Gasteiger partial charge in [-0.2, -0.15) is 0 Å². The quantitative estimate of drug-likeness (QED) is 0.139. The van der Waals surface area contributed by atoms with Gasteiger partial charge in [-0.25, -0.2) is 0 Å². The number of rotatable bonds is 16. The van der Waals surface area contributed by atoms with Crippen LogP contribution in [0.25, 0.3) is 0 Å². The molecule has 2 aliphatic carbocycles. The van der Waals surface area contributed by atoms with Crippen molar-refractivity contribution < 1.29 is 9.53 Å². The van der Waals surface area contributed by atoms with E-state index in [1.165, 1.54) is 186 Å². The van der Waals surface area contributed by atoms with Gasteiger partial charge in [-0.15, -0.1) is 0 Å². The Morgan fingerprint density at radius 1 is 0.600 bits per heavy atom. The van der Waals surface area contributed by atoms with Crippen LogP contribution < -0.4 is 0 Å². The average Bonchev–Trinajstić information content (AvgIpc) is 3.31. The van der Waals surface area contributed by atoms with Crippen molar-refractivity contribution in [2.75, 3.05) is 19.7 Å². The molecule has 1 unspecified atom stereocenters. The van der Waals surface area contributed by atoms with E-state index in [4.69, 9.17) is 4.74 Å². The second-order valence-corrected chi connectivity index (χ2v) is 14.4. The molecule has 0 radical (unpaired) electrons. The molecule has 2 saturated carbocycles. The van der Waals surface area contributed by atoms with Gasteiger partial charge in [-0.3, -0.25) is 9.69 Å². The van der Waals surface area contributed by atoms with Crippen LogP contribution >= 0.6 is 0 Å². The van der Waals surface area contributed by atoms with Crippen LogP contribution in [0.2, 0.25) is 0 Å². The predicted octanol–water partition coefficient (Wildman–Crippen LogP) is 11.3. The molecule has 0 N–H and O–H groups in total. The first kappa shape index (κ1) is 33.9. The van der Waals surface area contributed by atoms with Gasteiger partial charge in [0.05, 0.1) is 13.0 Å². The van der Waals surface area contributed by atoms with Gasteiger partial charge in [0.2, 0.25) is 0 Å². The zero-order valence-electron chi connectivity index (χ0n) is 27.1. The van der Waals surface area contributed by atoms with Crippen LogP contribution in [-0.4, -0.2) is 36.1 Å². The van der Waals surface area contributed by atoms with E-state index in [1.807, 2.05) is 0 Å². The second kappa shape index (κ2) is 20.4. The Bertz CT molecular complexity index is 636. The summed E-state index contributed by atoms with van der Waals surface area (Å²) in [4.78, 5) is 15.4. The Morgan fingerprint density at radius 2 is 1.12 bits per heavy atom. The van der Waals surface area contributed by atoms with Crippen LogP contribution in [0.5, 0.6) is 0 Å². The third kappa shape index (κ3) is 12.7. The number of hydrogen-bond acceptors (Lipinski definition) is 3. The zero-order chi connectivity index (χ0) is 28.2. The molecule has 3 fully saturated rings. The molecule has 1 heterocycles. The van der Waals surface area contributed by atoms with E-state index >= 15 is 0 Å². The number of piperidine rings is 1. The summed E-state index contributed by atoms with van der Waals surface area (Å²) in [6.07, 6.45) is 41.0. The lowest BCUT2D eigenvalue weighted by molar-refractivity contribution is -0.144. The number of ether oxygens (including phenoxy) is 1. The normalized spacial score (nSPS) is 24.6. The highest BCUT2D eigenvalue weighted by molar-refractivity contribution is 5.69. The lowest BCUT2D eigenvalue weighted by atomic mass is 9.73. The standard InChI is InChI=1S/C37H69NO2/c1-2-3-4-5-6-7-8-9-13-16-19-24-33-40-35(39)25-32-38-31-23-22-28-37(38)30-29-36(34-37)26-20-17-14-11-10-12-15-18-21-27-36/h2-34H2,1H3. The van der Waals surface area contributed by atoms with Crippen molar-refractivity contribution in [3.05, 3.63) is 0 Å². The number of likely N-dealkylation sites (tertiary alicyclic amines) is 1. The van der Waals surface area contributed by atoms with E-state index in [0.717, 1.165) is 13.0 Å². The molecular formula is C37H69NO2. The molecule has 0 bridgehead atoms. The van der Waals surface area contributed by atoms with Crippen LogP contribution in [-0.2, 0) is 9.53 Å². The van der Waals surface area contributed by atoms with Gasteiger partial charge in [0.25, 0.3) is 0 Å². The highest BCUT2D eigenvalue weighted by Crippen LogP contribution is 2.55. The minimum Gasteiger partial charge on any atom is -0.466 e. The largest absolute Gasteiger partial charge is 0.466 e. The topological polar surface area (TPSA) is 29.5 Å². The van der Waals surface area contributed by atoms with Gasteiger partial charge >= 0.3 is 5.97 Å². The van der Waals surface area contributed by atoms with E-state index in [9.17, 15) is 4.79 Å². The molecule has 3 aliphatic rings. The molecule has 40 heavy (non-hydrogen) atoms. The molecule has 0 aromatic carbocycles. The van der Waals surface area contributed by atoms with Gasteiger partial charge in [-0.1, -0.05) is 142 Å². The van der Waals surface area contributed by atoms with E-state index in [0.29, 0.717) is 24.0 Å². The van der Waals surface area contributed by atoms with Crippen LogP contribution in [0.15, 0.2) is 0 Å². The van der Waals surface area contributed by atoms with Crippen molar-refractivity contribution in [1.82, 2.24) is 4.90 Å². The van der Waals surface area contributed by atoms with Gasteiger partial charge in [-0.05, 0) is 63.3 Å². The number of hydrogen-bond donors (Lipinski definition) is 0. The first-order valence-corrected chi connectivity index (χ1v) is 18.6. The Hall–Kier alpha value is -0.570. The van der Waals surface area contributed by atoms with Gasteiger partial charge in [0.15, 0.2) is 0 Å². The molecule has 3 heteroatoms. The molecule has 3 nitrogen and oxygen atoms in total. The predicted molar refractivity (Wildman–Crippen MR) is 172 cm³/mol. The van der Waals surface area contributed by atoms with Crippen LogP contribution in [0, 0.1) is 5.41 Å². The zero-order valence-corrected chi connectivity index (χ0v) is 27.1. The van der Waals surface area contributed by atoms with E-state index in [2.05, 4.69) is 11.8 Å². The third-order valence-electron chi connectivity index (χ3n) is 11.1. The second-order valence-electron chi connectivity index (χ2n) is 14.4. The first-order chi connectivity index (χ1) is 19.7. The smallest absolute Gasteiger partial charge is 0.307 e. The number of carbonyl (C=O) groups is 1. The maximum Gasteiger partial charge on any atom is 0.307 e. The molecule has 0 aromatic rings. The monoisotopic (exact) mass is 560 g/mol. The summed E-state index contributed by atoms with van der Waals surface area (Å²) in [7, 11) is 0.